The molecule has 1 aliphatic heterocycles. The number of carbonyl (C=O) groups is 2. The predicted octanol–water partition coefficient (Wildman–Crippen LogP) is 5.32. The predicted molar refractivity (Wildman–Crippen MR) is 143 cm³/mol. The molecule has 3 aromatic carbocycles. The van der Waals surface area contributed by atoms with Crippen LogP contribution in [-0.2, 0) is 4.79 Å². The van der Waals surface area contributed by atoms with E-state index in [-0.39, 0.29) is 17.7 Å². The van der Waals surface area contributed by atoms with Crippen LogP contribution in [0.1, 0.15) is 23.3 Å². The first kappa shape index (κ1) is 23.0. The van der Waals surface area contributed by atoms with E-state index in [4.69, 9.17) is 4.42 Å². The second-order valence-electron chi connectivity index (χ2n) is 9.52. The summed E-state index contributed by atoms with van der Waals surface area (Å²) in [6.07, 6.45) is 1.91. The van der Waals surface area contributed by atoms with Crippen molar-refractivity contribution in [3.63, 3.8) is 0 Å². The van der Waals surface area contributed by atoms with Gasteiger partial charge in [-0.3, -0.25) is 9.59 Å². The number of piperazine rings is 1. The SMILES string of the molecule is O=C(Nc1ccc(-c2oc(-c3ccccc3)nc2C(=O)N2CCN(c3ccccc3)CC2)cc1)C1CC1. The standard InChI is InChI=1S/C30H28N4O3/c35-28(22-11-12-22)31-24-15-13-21(14-16-24)27-26(32-29(37-27)23-7-3-1-4-8-23)30(36)34-19-17-33(18-20-34)25-9-5-2-6-10-25/h1-10,13-16,22H,11-12,17-20H2,(H,31,35). The van der Waals surface area contributed by atoms with Gasteiger partial charge in [0.15, 0.2) is 11.5 Å². The van der Waals surface area contributed by atoms with Crippen molar-refractivity contribution in [3.05, 3.63) is 90.6 Å². The summed E-state index contributed by atoms with van der Waals surface area (Å²) in [4.78, 5) is 34.6. The highest BCUT2D eigenvalue weighted by molar-refractivity contribution is 5.99. The molecule has 0 unspecified atom stereocenters. The van der Waals surface area contributed by atoms with Crippen molar-refractivity contribution in [2.24, 2.45) is 5.92 Å². The molecule has 1 saturated heterocycles. The van der Waals surface area contributed by atoms with E-state index in [9.17, 15) is 9.59 Å². The molecule has 1 N–H and O–H groups in total. The Morgan fingerprint density at radius 3 is 2.08 bits per heavy atom. The maximum Gasteiger partial charge on any atom is 0.276 e. The molecule has 7 nitrogen and oxygen atoms in total. The van der Waals surface area contributed by atoms with Crippen LogP contribution in [0.5, 0.6) is 0 Å². The van der Waals surface area contributed by atoms with Gasteiger partial charge in [0.25, 0.3) is 5.91 Å². The van der Waals surface area contributed by atoms with Gasteiger partial charge < -0.3 is 19.5 Å². The Morgan fingerprint density at radius 2 is 1.43 bits per heavy atom. The molecule has 7 heteroatoms. The van der Waals surface area contributed by atoms with Gasteiger partial charge in [-0.25, -0.2) is 4.98 Å². The molecule has 2 amide bonds. The van der Waals surface area contributed by atoms with Crippen molar-refractivity contribution in [2.75, 3.05) is 36.4 Å². The van der Waals surface area contributed by atoms with E-state index in [0.29, 0.717) is 30.4 Å². The number of anilines is 2. The third kappa shape index (κ3) is 4.98. The molecule has 1 aromatic heterocycles. The number of oxazole rings is 1. The van der Waals surface area contributed by atoms with Crippen molar-refractivity contribution in [2.45, 2.75) is 12.8 Å². The number of nitrogens with one attached hydrogen (secondary N) is 1. The van der Waals surface area contributed by atoms with E-state index in [0.717, 1.165) is 48.4 Å². The molecule has 0 bridgehead atoms. The highest BCUT2D eigenvalue weighted by atomic mass is 16.4. The fourth-order valence-corrected chi connectivity index (χ4v) is 4.62. The molecule has 0 atom stereocenters. The van der Waals surface area contributed by atoms with Gasteiger partial charge in [0.2, 0.25) is 11.8 Å². The number of aromatic nitrogens is 1. The molecule has 0 radical (unpaired) electrons. The second kappa shape index (κ2) is 9.93. The van der Waals surface area contributed by atoms with Crippen molar-refractivity contribution in [1.82, 2.24) is 9.88 Å². The van der Waals surface area contributed by atoms with E-state index < -0.39 is 0 Å². The number of nitrogens with zero attached hydrogens (tertiary/aromatic N) is 3. The van der Waals surface area contributed by atoms with E-state index in [1.165, 1.54) is 0 Å². The first-order valence-corrected chi connectivity index (χ1v) is 12.7. The minimum Gasteiger partial charge on any atom is -0.435 e. The summed E-state index contributed by atoms with van der Waals surface area (Å²) >= 11 is 0. The Labute approximate surface area is 215 Å². The third-order valence-electron chi connectivity index (χ3n) is 6.90. The fraction of sp³-hybridized carbons (Fsp3) is 0.233. The Morgan fingerprint density at radius 1 is 0.784 bits per heavy atom. The van der Waals surface area contributed by atoms with Crippen LogP contribution in [0.25, 0.3) is 22.8 Å². The number of hydrogen-bond acceptors (Lipinski definition) is 5. The second-order valence-corrected chi connectivity index (χ2v) is 9.52. The van der Waals surface area contributed by atoms with Crippen LogP contribution in [0.2, 0.25) is 0 Å². The highest BCUT2D eigenvalue weighted by Crippen LogP contribution is 2.33. The summed E-state index contributed by atoms with van der Waals surface area (Å²) in [6, 6.07) is 27.3. The van der Waals surface area contributed by atoms with Crippen LogP contribution in [-0.4, -0.2) is 47.9 Å². The van der Waals surface area contributed by atoms with Crippen LogP contribution in [0.3, 0.4) is 0 Å². The van der Waals surface area contributed by atoms with Gasteiger partial charge in [-0.1, -0.05) is 36.4 Å². The van der Waals surface area contributed by atoms with Crippen molar-refractivity contribution in [3.8, 4) is 22.8 Å². The van der Waals surface area contributed by atoms with Crippen LogP contribution >= 0.6 is 0 Å². The number of para-hydroxylation sites is 1. The van der Waals surface area contributed by atoms with Gasteiger partial charge in [0.1, 0.15) is 0 Å². The molecule has 186 valence electrons. The van der Waals surface area contributed by atoms with Crippen molar-refractivity contribution >= 4 is 23.2 Å². The lowest BCUT2D eigenvalue weighted by Gasteiger charge is -2.35. The Bertz CT molecular complexity index is 1390. The highest BCUT2D eigenvalue weighted by Gasteiger charge is 2.30. The molecular formula is C30H28N4O3. The summed E-state index contributed by atoms with van der Waals surface area (Å²) in [7, 11) is 0. The van der Waals surface area contributed by atoms with Crippen LogP contribution < -0.4 is 10.2 Å². The molecule has 2 aliphatic rings. The first-order valence-electron chi connectivity index (χ1n) is 12.7. The van der Waals surface area contributed by atoms with E-state index in [1.54, 1.807) is 0 Å². The number of rotatable bonds is 6. The molecule has 37 heavy (non-hydrogen) atoms. The fourth-order valence-electron chi connectivity index (χ4n) is 4.62. The molecule has 6 rings (SSSR count). The molecule has 1 aliphatic carbocycles. The Kier molecular flexibility index (Phi) is 6.18. The summed E-state index contributed by atoms with van der Waals surface area (Å²) in [5, 5.41) is 2.96. The third-order valence-corrected chi connectivity index (χ3v) is 6.90. The zero-order valence-electron chi connectivity index (χ0n) is 20.5. The lowest BCUT2D eigenvalue weighted by atomic mass is 10.1. The van der Waals surface area contributed by atoms with Crippen molar-refractivity contribution in [1.29, 1.82) is 0 Å². The van der Waals surface area contributed by atoms with Crippen LogP contribution in [0.15, 0.2) is 89.3 Å². The first-order chi connectivity index (χ1) is 18.2. The monoisotopic (exact) mass is 492 g/mol. The quantitative estimate of drug-likeness (QED) is 0.394. The average Bonchev–Trinajstić information content (AvgIpc) is 3.73. The Hall–Kier alpha value is -4.39. The maximum atomic E-state index is 13.7. The van der Waals surface area contributed by atoms with E-state index in [1.807, 2.05) is 77.7 Å². The summed E-state index contributed by atoms with van der Waals surface area (Å²) in [5.41, 5.74) is 3.75. The number of carbonyl (C=O) groups excluding carboxylic acids is 2. The van der Waals surface area contributed by atoms with Gasteiger partial charge in [0.05, 0.1) is 0 Å². The summed E-state index contributed by atoms with van der Waals surface area (Å²) in [6.45, 7) is 2.72. The lowest BCUT2D eigenvalue weighted by molar-refractivity contribution is -0.117. The smallest absolute Gasteiger partial charge is 0.276 e. The summed E-state index contributed by atoms with van der Waals surface area (Å²) < 4.78 is 6.20. The minimum atomic E-state index is -0.139. The van der Waals surface area contributed by atoms with Crippen LogP contribution in [0.4, 0.5) is 11.4 Å². The van der Waals surface area contributed by atoms with Gasteiger partial charge >= 0.3 is 0 Å². The molecule has 0 spiro atoms. The summed E-state index contributed by atoms with van der Waals surface area (Å²) in [5.74, 6) is 0.903. The molecule has 1 saturated carbocycles. The average molecular weight is 493 g/mol. The van der Waals surface area contributed by atoms with Gasteiger partial charge in [-0.05, 0) is 61.4 Å². The van der Waals surface area contributed by atoms with Gasteiger partial charge in [0, 0.05) is 54.6 Å². The molecular weight excluding hydrogens is 464 g/mol. The van der Waals surface area contributed by atoms with Crippen molar-refractivity contribution < 1.29 is 14.0 Å². The van der Waals surface area contributed by atoms with Crippen LogP contribution in [0, 0.1) is 5.92 Å². The largest absolute Gasteiger partial charge is 0.435 e. The van der Waals surface area contributed by atoms with Gasteiger partial charge in [-0.15, -0.1) is 0 Å². The topological polar surface area (TPSA) is 78.7 Å². The van der Waals surface area contributed by atoms with E-state index >= 15 is 0 Å². The minimum absolute atomic E-state index is 0.0595. The molecule has 4 aromatic rings. The molecule has 2 fully saturated rings. The normalized spacial score (nSPS) is 15.5. The zero-order chi connectivity index (χ0) is 25.2. The van der Waals surface area contributed by atoms with Gasteiger partial charge in [-0.2, -0.15) is 0 Å². The van der Waals surface area contributed by atoms with E-state index in [2.05, 4.69) is 27.3 Å². The molecule has 2 heterocycles. The zero-order valence-corrected chi connectivity index (χ0v) is 20.5. The number of amides is 2. The maximum absolute atomic E-state index is 13.7. The number of benzene rings is 3. The number of hydrogen-bond donors (Lipinski definition) is 1. The Balaban J connectivity index is 1.26. The lowest BCUT2D eigenvalue weighted by Crippen LogP contribution is -2.49.